The van der Waals surface area contributed by atoms with Crippen molar-refractivity contribution in [1.82, 2.24) is 0 Å². The molecule has 2 rings (SSSR count). The monoisotopic (exact) mass is 257 g/mol. The summed E-state index contributed by atoms with van der Waals surface area (Å²) in [6.45, 7) is 0.247. The predicted octanol–water partition coefficient (Wildman–Crippen LogP) is 3.44. The number of carbonyl (C=O) groups is 1. The van der Waals surface area contributed by atoms with E-state index >= 15 is 0 Å². The molecule has 0 radical (unpaired) electrons. The molecule has 0 saturated carbocycles. The second kappa shape index (κ2) is 6.44. The fraction of sp³-hybridized carbons (Fsp3) is 0.133. The van der Waals surface area contributed by atoms with Crippen LogP contribution in [-0.2, 0) is 11.3 Å². The van der Waals surface area contributed by atoms with Gasteiger partial charge < -0.3 is 9.47 Å². The van der Waals surface area contributed by atoms with Crippen molar-refractivity contribution in [1.29, 1.82) is 0 Å². The second-order valence-electron chi connectivity index (χ2n) is 3.92. The number of benzene rings is 2. The zero-order valence-electron chi connectivity index (χ0n) is 10.6. The Labute approximate surface area is 112 Å². The van der Waals surface area contributed by atoms with Gasteiger partial charge in [-0.25, -0.2) is 4.79 Å². The van der Waals surface area contributed by atoms with E-state index in [9.17, 15) is 4.79 Å². The molecule has 0 heterocycles. The minimum absolute atomic E-state index is 0.247. The molecule has 1 N–H and O–H groups in total. The maximum Gasteiger partial charge on any atom is 0.411 e. The van der Waals surface area contributed by atoms with Crippen molar-refractivity contribution in [3.05, 3.63) is 60.2 Å². The number of hydrogen-bond acceptors (Lipinski definition) is 3. The highest BCUT2D eigenvalue weighted by molar-refractivity contribution is 5.84. The van der Waals surface area contributed by atoms with E-state index in [1.54, 1.807) is 31.4 Å². The Morgan fingerprint density at radius 1 is 1.11 bits per heavy atom. The summed E-state index contributed by atoms with van der Waals surface area (Å²) >= 11 is 0. The lowest BCUT2D eigenvalue weighted by atomic mass is 10.2. The van der Waals surface area contributed by atoms with Crippen molar-refractivity contribution in [2.75, 3.05) is 12.4 Å². The smallest absolute Gasteiger partial charge is 0.411 e. The third kappa shape index (κ3) is 4.03. The standard InChI is InChI=1S/C15H15NO3/c1-18-14-9-5-8-13(10-14)16-15(17)19-11-12-6-3-2-4-7-12/h2-10H,11H2,1H3,(H,16,17). The molecule has 0 aliphatic heterocycles. The Balaban J connectivity index is 1.87. The van der Waals surface area contributed by atoms with Gasteiger partial charge in [0.05, 0.1) is 7.11 Å². The maximum atomic E-state index is 11.6. The molecule has 0 aliphatic rings. The van der Waals surface area contributed by atoms with Crippen molar-refractivity contribution in [2.45, 2.75) is 6.61 Å². The van der Waals surface area contributed by atoms with Crippen molar-refractivity contribution in [3.8, 4) is 5.75 Å². The molecule has 19 heavy (non-hydrogen) atoms. The first kappa shape index (κ1) is 13.0. The number of carbonyl (C=O) groups excluding carboxylic acids is 1. The number of methoxy groups -OCH3 is 1. The lowest BCUT2D eigenvalue weighted by Gasteiger charge is -2.08. The Morgan fingerprint density at radius 3 is 2.63 bits per heavy atom. The van der Waals surface area contributed by atoms with Crippen LogP contribution < -0.4 is 10.1 Å². The zero-order valence-corrected chi connectivity index (χ0v) is 10.6. The van der Waals surface area contributed by atoms with Crippen LogP contribution in [0.2, 0.25) is 0 Å². The van der Waals surface area contributed by atoms with Crippen LogP contribution in [0.15, 0.2) is 54.6 Å². The van der Waals surface area contributed by atoms with Gasteiger partial charge in [0.1, 0.15) is 12.4 Å². The molecule has 0 atom stereocenters. The van der Waals surface area contributed by atoms with Gasteiger partial charge in [-0.05, 0) is 17.7 Å². The highest BCUT2D eigenvalue weighted by Gasteiger charge is 2.04. The number of anilines is 1. The average Bonchev–Trinajstić information content (AvgIpc) is 2.46. The van der Waals surface area contributed by atoms with Crippen LogP contribution >= 0.6 is 0 Å². The summed E-state index contributed by atoms with van der Waals surface area (Å²) in [5.74, 6) is 0.681. The minimum atomic E-state index is -0.489. The summed E-state index contributed by atoms with van der Waals surface area (Å²) < 4.78 is 10.2. The molecule has 2 aromatic rings. The first-order valence-electron chi connectivity index (χ1n) is 5.89. The molecule has 0 bridgehead atoms. The summed E-state index contributed by atoms with van der Waals surface area (Å²) in [6, 6.07) is 16.6. The van der Waals surface area contributed by atoms with E-state index in [2.05, 4.69) is 5.32 Å². The van der Waals surface area contributed by atoms with Crippen molar-refractivity contribution in [2.24, 2.45) is 0 Å². The molecule has 4 nitrogen and oxygen atoms in total. The van der Waals surface area contributed by atoms with Crippen LogP contribution in [-0.4, -0.2) is 13.2 Å². The van der Waals surface area contributed by atoms with E-state index in [1.807, 2.05) is 30.3 Å². The van der Waals surface area contributed by atoms with E-state index in [-0.39, 0.29) is 6.61 Å². The molecule has 4 heteroatoms. The number of amides is 1. The topological polar surface area (TPSA) is 47.6 Å². The van der Waals surface area contributed by atoms with Gasteiger partial charge >= 0.3 is 6.09 Å². The fourth-order valence-electron chi connectivity index (χ4n) is 1.58. The summed E-state index contributed by atoms with van der Waals surface area (Å²) in [4.78, 5) is 11.6. The molecule has 0 aromatic heterocycles. The molecule has 0 aliphatic carbocycles. The van der Waals surface area contributed by atoms with Crippen LogP contribution in [0.3, 0.4) is 0 Å². The van der Waals surface area contributed by atoms with Crippen molar-refractivity contribution >= 4 is 11.8 Å². The normalized spacial score (nSPS) is 9.74. The average molecular weight is 257 g/mol. The predicted molar refractivity (Wildman–Crippen MR) is 73.2 cm³/mol. The molecule has 1 amide bonds. The SMILES string of the molecule is COc1cccc(NC(=O)OCc2ccccc2)c1. The summed E-state index contributed by atoms with van der Waals surface area (Å²) in [7, 11) is 1.58. The third-order valence-electron chi connectivity index (χ3n) is 2.53. The highest BCUT2D eigenvalue weighted by Crippen LogP contribution is 2.16. The van der Waals surface area contributed by atoms with Gasteiger partial charge in [-0.1, -0.05) is 36.4 Å². The Kier molecular flexibility index (Phi) is 4.39. The largest absolute Gasteiger partial charge is 0.497 e. The molecule has 0 fully saturated rings. The van der Waals surface area contributed by atoms with E-state index in [4.69, 9.17) is 9.47 Å². The third-order valence-corrected chi connectivity index (χ3v) is 2.53. The van der Waals surface area contributed by atoms with Gasteiger partial charge in [-0.15, -0.1) is 0 Å². The van der Waals surface area contributed by atoms with Gasteiger partial charge in [0, 0.05) is 11.8 Å². The van der Waals surface area contributed by atoms with E-state index < -0.39 is 6.09 Å². The van der Waals surface area contributed by atoms with Crippen LogP contribution in [0.5, 0.6) is 5.75 Å². The summed E-state index contributed by atoms with van der Waals surface area (Å²) in [5, 5.41) is 2.65. The Hall–Kier alpha value is -2.49. The molecule has 2 aromatic carbocycles. The van der Waals surface area contributed by atoms with Crippen LogP contribution in [0, 0.1) is 0 Å². The Morgan fingerprint density at radius 2 is 1.89 bits per heavy atom. The second-order valence-corrected chi connectivity index (χ2v) is 3.92. The number of rotatable bonds is 4. The lowest BCUT2D eigenvalue weighted by molar-refractivity contribution is 0.155. The van der Waals surface area contributed by atoms with Crippen LogP contribution in [0.1, 0.15) is 5.56 Å². The van der Waals surface area contributed by atoms with E-state index in [0.29, 0.717) is 11.4 Å². The highest BCUT2D eigenvalue weighted by atomic mass is 16.5. The Bertz CT molecular complexity index is 540. The molecule has 0 unspecified atom stereocenters. The molecule has 0 spiro atoms. The number of nitrogens with one attached hydrogen (secondary N) is 1. The lowest BCUT2D eigenvalue weighted by Crippen LogP contribution is -2.13. The van der Waals surface area contributed by atoms with Crippen molar-refractivity contribution < 1.29 is 14.3 Å². The van der Waals surface area contributed by atoms with Crippen LogP contribution in [0.4, 0.5) is 10.5 Å². The van der Waals surface area contributed by atoms with Gasteiger partial charge in [-0.2, -0.15) is 0 Å². The summed E-state index contributed by atoms with van der Waals surface area (Å²) in [6.07, 6.45) is -0.489. The van der Waals surface area contributed by atoms with Crippen LogP contribution in [0.25, 0.3) is 0 Å². The van der Waals surface area contributed by atoms with Gasteiger partial charge in [0.2, 0.25) is 0 Å². The molecular weight excluding hydrogens is 242 g/mol. The number of ether oxygens (including phenoxy) is 2. The maximum absolute atomic E-state index is 11.6. The molecular formula is C15H15NO3. The van der Waals surface area contributed by atoms with Crippen molar-refractivity contribution in [3.63, 3.8) is 0 Å². The first-order chi connectivity index (χ1) is 9.28. The van der Waals surface area contributed by atoms with Gasteiger partial charge in [0.15, 0.2) is 0 Å². The van der Waals surface area contributed by atoms with Gasteiger partial charge in [-0.3, -0.25) is 5.32 Å². The minimum Gasteiger partial charge on any atom is -0.497 e. The van der Waals surface area contributed by atoms with E-state index in [0.717, 1.165) is 5.56 Å². The van der Waals surface area contributed by atoms with E-state index in [1.165, 1.54) is 0 Å². The quantitative estimate of drug-likeness (QED) is 0.912. The zero-order chi connectivity index (χ0) is 13.5. The summed E-state index contributed by atoms with van der Waals surface area (Å²) in [5.41, 5.74) is 1.58. The molecule has 98 valence electrons. The fourth-order valence-corrected chi connectivity index (χ4v) is 1.58. The molecule has 0 saturated heterocycles. The first-order valence-corrected chi connectivity index (χ1v) is 5.89. The number of hydrogen-bond donors (Lipinski definition) is 1. The van der Waals surface area contributed by atoms with Gasteiger partial charge in [0.25, 0.3) is 0 Å².